The Kier molecular flexibility index (Phi) is 5.83. The van der Waals surface area contributed by atoms with Gasteiger partial charge in [-0.15, -0.1) is 0 Å². The molecule has 1 aromatic rings. The molecule has 0 radical (unpaired) electrons. The number of nitrogens with zero attached hydrogens (tertiary/aromatic N) is 2. The highest BCUT2D eigenvalue weighted by Gasteiger charge is 2.26. The standard InChI is InChI=1S/C16H21BrN2O3/c1-3-4-15(20)18-7-9-19(10-8-18)16(21)13-11-12(17)5-6-14(13)22-2/h5-6,11H,3-4,7-10H2,1-2H3. The van der Waals surface area contributed by atoms with Crippen molar-refractivity contribution < 1.29 is 14.3 Å². The van der Waals surface area contributed by atoms with Crippen LogP contribution in [0, 0.1) is 0 Å². The molecule has 22 heavy (non-hydrogen) atoms. The van der Waals surface area contributed by atoms with Crippen molar-refractivity contribution in [3.63, 3.8) is 0 Å². The van der Waals surface area contributed by atoms with Crippen molar-refractivity contribution >= 4 is 27.7 Å². The van der Waals surface area contributed by atoms with Crippen LogP contribution >= 0.6 is 15.9 Å². The Morgan fingerprint density at radius 2 is 1.82 bits per heavy atom. The van der Waals surface area contributed by atoms with E-state index in [9.17, 15) is 9.59 Å². The van der Waals surface area contributed by atoms with E-state index in [2.05, 4.69) is 15.9 Å². The van der Waals surface area contributed by atoms with Gasteiger partial charge < -0.3 is 14.5 Å². The van der Waals surface area contributed by atoms with Gasteiger partial charge in [0.2, 0.25) is 5.91 Å². The van der Waals surface area contributed by atoms with Crippen LogP contribution in [0.2, 0.25) is 0 Å². The number of methoxy groups -OCH3 is 1. The number of rotatable bonds is 4. The number of halogens is 1. The minimum absolute atomic E-state index is 0.0549. The van der Waals surface area contributed by atoms with E-state index in [0.29, 0.717) is 43.9 Å². The van der Waals surface area contributed by atoms with E-state index in [4.69, 9.17) is 4.74 Å². The van der Waals surface area contributed by atoms with Crippen LogP contribution < -0.4 is 4.74 Å². The van der Waals surface area contributed by atoms with Crippen molar-refractivity contribution in [1.29, 1.82) is 0 Å². The Morgan fingerprint density at radius 3 is 2.41 bits per heavy atom. The number of carbonyl (C=O) groups excluding carboxylic acids is 2. The van der Waals surface area contributed by atoms with Gasteiger partial charge in [-0.1, -0.05) is 22.9 Å². The fourth-order valence-corrected chi connectivity index (χ4v) is 2.91. The summed E-state index contributed by atoms with van der Waals surface area (Å²) in [7, 11) is 1.56. The molecule has 0 aliphatic carbocycles. The van der Waals surface area contributed by atoms with Crippen molar-refractivity contribution in [2.24, 2.45) is 0 Å². The molecule has 5 nitrogen and oxygen atoms in total. The summed E-state index contributed by atoms with van der Waals surface area (Å²) in [5, 5.41) is 0. The van der Waals surface area contributed by atoms with E-state index >= 15 is 0 Å². The maximum Gasteiger partial charge on any atom is 0.257 e. The first-order valence-corrected chi connectivity index (χ1v) is 8.26. The van der Waals surface area contributed by atoms with Crippen molar-refractivity contribution in [3.05, 3.63) is 28.2 Å². The zero-order valence-electron chi connectivity index (χ0n) is 13.0. The summed E-state index contributed by atoms with van der Waals surface area (Å²) in [6, 6.07) is 5.39. The quantitative estimate of drug-likeness (QED) is 0.820. The molecule has 1 aliphatic heterocycles. The molecule has 0 N–H and O–H groups in total. The molecular formula is C16H21BrN2O3. The van der Waals surface area contributed by atoms with Crippen LogP contribution in [0.1, 0.15) is 30.1 Å². The number of benzene rings is 1. The molecule has 0 spiro atoms. The van der Waals surface area contributed by atoms with Crippen LogP contribution in [0.25, 0.3) is 0 Å². The molecule has 0 saturated carbocycles. The lowest BCUT2D eigenvalue weighted by molar-refractivity contribution is -0.132. The topological polar surface area (TPSA) is 49.9 Å². The summed E-state index contributed by atoms with van der Waals surface area (Å²) in [5.41, 5.74) is 0.546. The van der Waals surface area contributed by atoms with Crippen LogP contribution in [0.5, 0.6) is 5.75 Å². The first kappa shape index (κ1) is 16.8. The summed E-state index contributed by atoms with van der Waals surface area (Å²) in [5.74, 6) is 0.688. The molecule has 0 atom stereocenters. The Hall–Kier alpha value is -1.56. The molecule has 2 rings (SSSR count). The molecule has 2 amide bonds. The van der Waals surface area contributed by atoms with Crippen molar-refractivity contribution in [2.45, 2.75) is 19.8 Å². The number of amides is 2. The lowest BCUT2D eigenvalue weighted by atomic mass is 10.1. The first-order chi connectivity index (χ1) is 10.6. The molecule has 1 saturated heterocycles. The van der Waals surface area contributed by atoms with Crippen LogP contribution in [0.15, 0.2) is 22.7 Å². The Labute approximate surface area is 139 Å². The fraction of sp³-hybridized carbons (Fsp3) is 0.500. The van der Waals surface area contributed by atoms with Crippen molar-refractivity contribution in [1.82, 2.24) is 9.80 Å². The van der Waals surface area contributed by atoms with Gasteiger partial charge in [-0.3, -0.25) is 9.59 Å². The van der Waals surface area contributed by atoms with E-state index in [1.807, 2.05) is 17.9 Å². The van der Waals surface area contributed by atoms with Crippen molar-refractivity contribution in [3.8, 4) is 5.75 Å². The van der Waals surface area contributed by atoms with Crippen LogP contribution in [-0.4, -0.2) is 54.9 Å². The van der Waals surface area contributed by atoms with Gasteiger partial charge in [0.15, 0.2) is 0 Å². The first-order valence-electron chi connectivity index (χ1n) is 7.47. The van der Waals surface area contributed by atoms with Gasteiger partial charge in [0.25, 0.3) is 5.91 Å². The third kappa shape index (κ3) is 3.80. The molecule has 6 heteroatoms. The number of hydrogen-bond acceptors (Lipinski definition) is 3. The Bertz CT molecular complexity index is 554. The monoisotopic (exact) mass is 368 g/mol. The maximum absolute atomic E-state index is 12.7. The fourth-order valence-electron chi connectivity index (χ4n) is 2.55. The maximum atomic E-state index is 12.7. The summed E-state index contributed by atoms with van der Waals surface area (Å²) >= 11 is 3.38. The summed E-state index contributed by atoms with van der Waals surface area (Å²) in [4.78, 5) is 28.2. The SMILES string of the molecule is CCCC(=O)N1CCN(C(=O)c2cc(Br)ccc2OC)CC1. The van der Waals surface area contributed by atoms with E-state index in [-0.39, 0.29) is 11.8 Å². The van der Waals surface area contributed by atoms with Crippen molar-refractivity contribution in [2.75, 3.05) is 33.3 Å². The van der Waals surface area contributed by atoms with Gasteiger partial charge in [0.05, 0.1) is 12.7 Å². The molecule has 0 aromatic heterocycles. The van der Waals surface area contributed by atoms with E-state index < -0.39 is 0 Å². The highest BCUT2D eigenvalue weighted by Crippen LogP contribution is 2.24. The highest BCUT2D eigenvalue weighted by molar-refractivity contribution is 9.10. The van der Waals surface area contributed by atoms with Gasteiger partial charge in [0.1, 0.15) is 5.75 Å². The Balaban J connectivity index is 2.04. The number of carbonyl (C=O) groups is 2. The highest BCUT2D eigenvalue weighted by atomic mass is 79.9. The molecule has 1 fully saturated rings. The van der Waals surface area contributed by atoms with Gasteiger partial charge in [-0.2, -0.15) is 0 Å². The molecular weight excluding hydrogens is 348 g/mol. The minimum Gasteiger partial charge on any atom is -0.496 e. The lowest BCUT2D eigenvalue weighted by Crippen LogP contribution is -2.50. The minimum atomic E-state index is -0.0549. The van der Waals surface area contributed by atoms with E-state index in [1.165, 1.54) is 0 Å². The lowest BCUT2D eigenvalue weighted by Gasteiger charge is -2.35. The second-order valence-corrected chi connectivity index (χ2v) is 6.18. The average Bonchev–Trinajstić information content (AvgIpc) is 2.54. The normalized spacial score (nSPS) is 14.9. The molecule has 1 heterocycles. The second-order valence-electron chi connectivity index (χ2n) is 5.27. The summed E-state index contributed by atoms with van der Waals surface area (Å²) < 4.78 is 6.11. The molecule has 0 bridgehead atoms. The smallest absolute Gasteiger partial charge is 0.257 e. The van der Waals surface area contributed by atoms with Gasteiger partial charge >= 0.3 is 0 Å². The summed E-state index contributed by atoms with van der Waals surface area (Å²) in [6.45, 7) is 4.31. The van der Waals surface area contributed by atoms with Gasteiger partial charge in [0, 0.05) is 37.1 Å². The number of hydrogen-bond donors (Lipinski definition) is 0. The zero-order chi connectivity index (χ0) is 16.1. The Morgan fingerprint density at radius 1 is 1.18 bits per heavy atom. The third-order valence-corrected chi connectivity index (χ3v) is 4.27. The van der Waals surface area contributed by atoms with E-state index in [0.717, 1.165) is 10.9 Å². The van der Waals surface area contributed by atoms with Crippen LogP contribution in [0.3, 0.4) is 0 Å². The second kappa shape index (κ2) is 7.63. The predicted octanol–water partition coefficient (Wildman–Crippen LogP) is 2.54. The molecule has 0 unspecified atom stereocenters. The third-order valence-electron chi connectivity index (χ3n) is 3.78. The van der Waals surface area contributed by atoms with Gasteiger partial charge in [-0.05, 0) is 24.6 Å². The zero-order valence-corrected chi connectivity index (χ0v) is 14.6. The number of piperazine rings is 1. The largest absolute Gasteiger partial charge is 0.496 e. The predicted molar refractivity (Wildman–Crippen MR) is 88.1 cm³/mol. The molecule has 1 aliphatic rings. The van der Waals surface area contributed by atoms with Crippen LogP contribution in [0.4, 0.5) is 0 Å². The summed E-state index contributed by atoms with van der Waals surface area (Å²) in [6.07, 6.45) is 1.43. The van der Waals surface area contributed by atoms with Gasteiger partial charge in [-0.25, -0.2) is 0 Å². The molecule has 1 aromatic carbocycles. The molecule has 120 valence electrons. The van der Waals surface area contributed by atoms with E-state index in [1.54, 1.807) is 24.1 Å². The van der Waals surface area contributed by atoms with Crippen LogP contribution in [-0.2, 0) is 4.79 Å². The average molecular weight is 369 g/mol. The number of ether oxygens (including phenoxy) is 1.